The van der Waals surface area contributed by atoms with Crippen molar-refractivity contribution >= 4 is 5.91 Å². The third kappa shape index (κ3) is 2.02. The first-order valence-electron chi connectivity index (χ1n) is 8.89. The van der Waals surface area contributed by atoms with Crippen molar-refractivity contribution in [3.63, 3.8) is 0 Å². The molecule has 0 spiro atoms. The van der Waals surface area contributed by atoms with E-state index in [4.69, 9.17) is 0 Å². The molecule has 3 heteroatoms. The number of carbonyl (C=O) groups is 1. The minimum Gasteiger partial charge on any atom is -0.349 e. The van der Waals surface area contributed by atoms with Crippen LogP contribution in [0.25, 0.3) is 0 Å². The lowest BCUT2D eigenvalue weighted by molar-refractivity contribution is -0.0119. The van der Waals surface area contributed by atoms with Gasteiger partial charge in [0.05, 0.1) is 0 Å². The van der Waals surface area contributed by atoms with Gasteiger partial charge in [-0.1, -0.05) is 6.07 Å². The maximum atomic E-state index is 12.7. The van der Waals surface area contributed by atoms with Crippen molar-refractivity contribution in [2.24, 2.45) is 23.7 Å². The van der Waals surface area contributed by atoms with Crippen LogP contribution in [0.3, 0.4) is 0 Å². The van der Waals surface area contributed by atoms with Gasteiger partial charge in [0.15, 0.2) is 0 Å². The standard InChI is InChI=1S/C19H24N2O/c22-19(13-1-2-14-9-20-10-17(14)8-13)21-18-15-4-11-3-12(6-15)7-16(18)5-11/h1-2,8,11-12,15-16,18,20H,3-7,9-10H2,(H,21,22). The number of nitrogens with one attached hydrogen (secondary N) is 2. The molecule has 22 heavy (non-hydrogen) atoms. The first-order valence-corrected chi connectivity index (χ1v) is 8.89. The summed E-state index contributed by atoms with van der Waals surface area (Å²) in [5.41, 5.74) is 3.47. The summed E-state index contributed by atoms with van der Waals surface area (Å²) in [6.45, 7) is 1.83. The van der Waals surface area contributed by atoms with E-state index in [1.807, 2.05) is 6.07 Å². The van der Waals surface area contributed by atoms with Crippen molar-refractivity contribution in [1.29, 1.82) is 0 Å². The predicted octanol–water partition coefficient (Wildman–Crippen LogP) is 2.84. The van der Waals surface area contributed by atoms with Crippen molar-refractivity contribution < 1.29 is 4.79 Å². The molecular weight excluding hydrogens is 272 g/mol. The van der Waals surface area contributed by atoms with E-state index in [9.17, 15) is 4.79 Å². The van der Waals surface area contributed by atoms with Crippen LogP contribution in [0, 0.1) is 23.7 Å². The Morgan fingerprint density at radius 2 is 1.64 bits per heavy atom. The predicted molar refractivity (Wildman–Crippen MR) is 85.3 cm³/mol. The Bertz CT molecular complexity index is 596. The molecule has 0 unspecified atom stereocenters. The van der Waals surface area contributed by atoms with Gasteiger partial charge in [-0.2, -0.15) is 0 Å². The molecule has 4 saturated carbocycles. The van der Waals surface area contributed by atoms with Gasteiger partial charge < -0.3 is 10.6 Å². The number of fused-ring (bicyclic) bond motifs is 1. The highest BCUT2D eigenvalue weighted by Gasteiger charge is 2.48. The van der Waals surface area contributed by atoms with E-state index in [0.717, 1.165) is 42.3 Å². The average Bonchev–Trinajstić information content (AvgIpc) is 2.97. The molecule has 1 aromatic carbocycles. The van der Waals surface area contributed by atoms with E-state index in [-0.39, 0.29) is 5.91 Å². The molecule has 1 amide bonds. The normalized spacial score (nSPS) is 38.1. The molecule has 4 bridgehead atoms. The lowest BCUT2D eigenvalue weighted by atomic mass is 9.54. The van der Waals surface area contributed by atoms with Crippen molar-refractivity contribution in [2.45, 2.75) is 51.2 Å². The second-order valence-electron chi connectivity index (χ2n) is 8.02. The van der Waals surface area contributed by atoms with Gasteiger partial charge in [-0.15, -0.1) is 0 Å². The van der Waals surface area contributed by atoms with Gasteiger partial charge in [-0.25, -0.2) is 0 Å². The van der Waals surface area contributed by atoms with Crippen molar-refractivity contribution in [1.82, 2.24) is 10.6 Å². The summed E-state index contributed by atoms with van der Waals surface area (Å²) in [6, 6.07) is 6.63. The molecule has 116 valence electrons. The molecular formula is C19H24N2O. The van der Waals surface area contributed by atoms with Crippen LogP contribution in [0.15, 0.2) is 18.2 Å². The van der Waals surface area contributed by atoms with Crippen molar-refractivity contribution in [3.05, 3.63) is 34.9 Å². The second kappa shape index (κ2) is 4.82. The smallest absolute Gasteiger partial charge is 0.251 e. The Labute approximate surface area is 131 Å². The Morgan fingerprint density at radius 3 is 2.36 bits per heavy atom. The minimum absolute atomic E-state index is 0.146. The Morgan fingerprint density at radius 1 is 0.955 bits per heavy atom. The fourth-order valence-electron chi connectivity index (χ4n) is 5.83. The Balaban J connectivity index is 1.34. The van der Waals surface area contributed by atoms with E-state index in [0.29, 0.717) is 6.04 Å². The van der Waals surface area contributed by atoms with Gasteiger partial charge in [0.2, 0.25) is 0 Å². The third-order valence-electron chi connectivity index (χ3n) is 6.62. The molecule has 3 nitrogen and oxygen atoms in total. The Kier molecular flexibility index (Phi) is 2.88. The van der Waals surface area contributed by atoms with E-state index < -0.39 is 0 Å². The van der Waals surface area contributed by atoms with Crippen LogP contribution >= 0.6 is 0 Å². The quantitative estimate of drug-likeness (QED) is 0.881. The number of benzene rings is 1. The largest absolute Gasteiger partial charge is 0.349 e. The lowest BCUT2D eigenvalue weighted by Gasteiger charge is -2.54. The SMILES string of the molecule is O=C(NC1C2CC3CC(C2)CC1C3)c1ccc2c(c1)CNC2. The summed E-state index contributed by atoms with van der Waals surface area (Å²) in [7, 11) is 0. The van der Waals surface area contributed by atoms with Crippen molar-refractivity contribution in [2.75, 3.05) is 0 Å². The van der Waals surface area contributed by atoms with E-state index in [1.54, 1.807) is 0 Å². The average molecular weight is 296 g/mol. The highest BCUT2D eigenvalue weighted by molar-refractivity contribution is 5.94. The summed E-state index contributed by atoms with van der Waals surface area (Å²) in [5.74, 6) is 3.56. The van der Waals surface area contributed by atoms with Gasteiger partial charge in [0.25, 0.3) is 5.91 Å². The zero-order chi connectivity index (χ0) is 14.7. The molecule has 0 aromatic heterocycles. The fourth-order valence-corrected chi connectivity index (χ4v) is 5.83. The molecule has 0 atom stereocenters. The molecule has 6 rings (SSSR count). The van der Waals surface area contributed by atoms with E-state index in [2.05, 4.69) is 22.8 Å². The summed E-state index contributed by atoms with van der Waals surface area (Å²) < 4.78 is 0. The minimum atomic E-state index is 0.146. The molecule has 1 aromatic rings. The molecule has 5 aliphatic rings. The Hall–Kier alpha value is -1.35. The van der Waals surface area contributed by atoms with Crippen LogP contribution in [-0.4, -0.2) is 11.9 Å². The lowest BCUT2D eigenvalue weighted by Crippen LogP contribution is -2.55. The zero-order valence-corrected chi connectivity index (χ0v) is 13.0. The van der Waals surface area contributed by atoms with E-state index >= 15 is 0 Å². The molecule has 0 saturated heterocycles. The van der Waals surface area contributed by atoms with Gasteiger partial charge in [-0.3, -0.25) is 4.79 Å². The number of amides is 1. The number of hydrogen-bond donors (Lipinski definition) is 2. The molecule has 4 aliphatic carbocycles. The van der Waals surface area contributed by atoms with Crippen LogP contribution in [0.4, 0.5) is 0 Å². The second-order valence-corrected chi connectivity index (χ2v) is 8.02. The van der Waals surface area contributed by atoms with E-state index in [1.165, 1.54) is 43.2 Å². The highest BCUT2D eigenvalue weighted by Crippen LogP contribution is 2.53. The summed E-state index contributed by atoms with van der Waals surface area (Å²) in [5, 5.41) is 6.76. The van der Waals surface area contributed by atoms with Crippen molar-refractivity contribution in [3.8, 4) is 0 Å². The summed E-state index contributed by atoms with van der Waals surface area (Å²) in [4.78, 5) is 12.7. The van der Waals surface area contributed by atoms with Gasteiger partial charge in [0.1, 0.15) is 0 Å². The first kappa shape index (κ1) is 13.1. The molecule has 1 aliphatic heterocycles. The third-order valence-corrected chi connectivity index (χ3v) is 6.62. The number of hydrogen-bond acceptors (Lipinski definition) is 2. The van der Waals surface area contributed by atoms with Crippen LogP contribution < -0.4 is 10.6 Å². The fraction of sp³-hybridized carbons (Fsp3) is 0.632. The molecule has 4 fully saturated rings. The van der Waals surface area contributed by atoms with Crippen LogP contribution in [-0.2, 0) is 13.1 Å². The van der Waals surface area contributed by atoms with Gasteiger partial charge in [0, 0.05) is 24.7 Å². The topological polar surface area (TPSA) is 41.1 Å². The number of carbonyl (C=O) groups excluding carboxylic acids is 1. The van der Waals surface area contributed by atoms with Crippen LogP contribution in [0.1, 0.15) is 53.6 Å². The van der Waals surface area contributed by atoms with Gasteiger partial charge >= 0.3 is 0 Å². The molecule has 0 radical (unpaired) electrons. The monoisotopic (exact) mass is 296 g/mol. The highest BCUT2D eigenvalue weighted by atomic mass is 16.1. The summed E-state index contributed by atoms with van der Waals surface area (Å²) >= 11 is 0. The van der Waals surface area contributed by atoms with Gasteiger partial charge in [-0.05, 0) is 79.0 Å². The molecule has 1 heterocycles. The molecule has 2 N–H and O–H groups in total. The number of rotatable bonds is 2. The maximum Gasteiger partial charge on any atom is 0.251 e. The van der Waals surface area contributed by atoms with Crippen LogP contribution in [0.2, 0.25) is 0 Å². The summed E-state index contributed by atoms with van der Waals surface area (Å²) in [6.07, 6.45) is 6.88. The first-order chi connectivity index (χ1) is 10.8. The zero-order valence-electron chi connectivity index (χ0n) is 13.0. The van der Waals surface area contributed by atoms with Crippen LogP contribution in [0.5, 0.6) is 0 Å². The maximum absolute atomic E-state index is 12.7.